The first-order valence-electron chi connectivity index (χ1n) is 10.2. The summed E-state index contributed by atoms with van der Waals surface area (Å²) in [6.45, 7) is 8.32. The summed E-state index contributed by atoms with van der Waals surface area (Å²) in [5.41, 5.74) is 8.10. The summed E-state index contributed by atoms with van der Waals surface area (Å²) in [7, 11) is 3.16. The number of ether oxygens (including phenoxy) is 2. The standard InChI is InChI=1S/C25H28N2O3/c1-7-19-24(18-11-15(3)9-10-16(18)4)26-20(8-2)25(27-19)23-21(29-5)12-17(14-28)13-22(23)30-6/h9-14H,7-8H2,1-6H3. The molecule has 0 aliphatic carbocycles. The maximum Gasteiger partial charge on any atom is 0.150 e. The van der Waals surface area contributed by atoms with Gasteiger partial charge in [-0.05, 0) is 50.5 Å². The number of aldehydes is 1. The number of rotatable bonds is 7. The number of aryl methyl sites for hydroxylation is 4. The lowest BCUT2D eigenvalue weighted by Gasteiger charge is -2.19. The van der Waals surface area contributed by atoms with Crippen molar-refractivity contribution in [2.45, 2.75) is 40.5 Å². The molecule has 0 unspecified atom stereocenters. The van der Waals surface area contributed by atoms with Crippen LogP contribution in [-0.2, 0) is 12.8 Å². The van der Waals surface area contributed by atoms with Gasteiger partial charge in [0.25, 0.3) is 0 Å². The predicted octanol–water partition coefficient (Wildman–Crippen LogP) is 5.38. The van der Waals surface area contributed by atoms with Crippen LogP contribution in [0.5, 0.6) is 11.5 Å². The number of hydrogen-bond donors (Lipinski definition) is 0. The third kappa shape index (κ3) is 3.92. The van der Waals surface area contributed by atoms with Crippen molar-refractivity contribution in [2.24, 2.45) is 0 Å². The Balaban J connectivity index is 2.33. The number of hydrogen-bond acceptors (Lipinski definition) is 5. The van der Waals surface area contributed by atoms with Gasteiger partial charge >= 0.3 is 0 Å². The van der Waals surface area contributed by atoms with Crippen LogP contribution < -0.4 is 9.47 Å². The summed E-state index contributed by atoms with van der Waals surface area (Å²) in [6.07, 6.45) is 2.22. The van der Waals surface area contributed by atoms with Crippen molar-refractivity contribution in [3.05, 3.63) is 58.4 Å². The van der Waals surface area contributed by atoms with Gasteiger partial charge in [-0.3, -0.25) is 4.79 Å². The van der Waals surface area contributed by atoms with Crippen molar-refractivity contribution in [3.8, 4) is 34.0 Å². The van der Waals surface area contributed by atoms with E-state index in [2.05, 4.69) is 45.9 Å². The van der Waals surface area contributed by atoms with Crippen LogP contribution in [0.4, 0.5) is 0 Å². The maximum absolute atomic E-state index is 11.3. The average molecular weight is 405 g/mol. The first-order chi connectivity index (χ1) is 14.5. The van der Waals surface area contributed by atoms with Crippen molar-refractivity contribution in [1.82, 2.24) is 9.97 Å². The third-order valence-corrected chi connectivity index (χ3v) is 5.26. The van der Waals surface area contributed by atoms with Gasteiger partial charge in [-0.2, -0.15) is 0 Å². The Labute approximate surface area is 178 Å². The van der Waals surface area contributed by atoms with Gasteiger partial charge in [0.05, 0.1) is 42.6 Å². The number of benzene rings is 2. The van der Waals surface area contributed by atoms with Crippen molar-refractivity contribution >= 4 is 6.29 Å². The van der Waals surface area contributed by atoms with E-state index in [4.69, 9.17) is 19.4 Å². The molecule has 2 aromatic carbocycles. The minimum absolute atomic E-state index is 0.487. The SMILES string of the molecule is CCc1nc(-c2c(OC)cc(C=O)cc2OC)c(CC)nc1-c1cc(C)ccc1C. The molecule has 1 heterocycles. The molecule has 0 atom stereocenters. The smallest absolute Gasteiger partial charge is 0.150 e. The monoisotopic (exact) mass is 404 g/mol. The topological polar surface area (TPSA) is 61.3 Å². The highest BCUT2D eigenvalue weighted by Gasteiger charge is 2.22. The van der Waals surface area contributed by atoms with Crippen LogP contribution in [0.15, 0.2) is 30.3 Å². The van der Waals surface area contributed by atoms with Crippen LogP contribution in [0.25, 0.3) is 22.5 Å². The molecule has 156 valence electrons. The second kappa shape index (κ2) is 9.08. The van der Waals surface area contributed by atoms with E-state index in [9.17, 15) is 4.79 Å². The number of nitrogens with zero attached hydrogens (tertiary/aromatic N) is 2. The number of aromatic nitrogens is 2. The normalized spacial score (nSPS) is 10.7. The van der Waals surface area contributed by atoms with Crippen LogP contribution in [0, 0.1) is 13.8 Å². The molecule has 0 saturated heterocycles. The van der Waals surface area contributed by atoms with Crippen molar-refractivity contribution < 1.29 is 14.3 Å². The number of carbonyl (C=O) groups is 1. The summed E-state index contributed by atoms with van der Waals surface area (Å²) in [5, 5.41) is 0. The summed E-state index contributed by atoms with van der Waals surface area (Å²) >= 11 is 0. The highest BCUT2D eigenvalue weighted by Crippen LogP contribution is 2.41. The Kier molecular flexibility index (Phi) is 6.50. The van der Waals surface area contributed by atoms with Gasteiger partial charge in [0.2, 0.25) is 0 Å². The summed E-state index contributed by atoms with van der Waals surface area (Å²) in [6, 6.07) is 9.80. The van der Waals surface area contributed by atoms with Gasteiger partial charge in [0.1, 0.15) is 17.8 Å². The lowest BCUT2D eigenvalue weighted by Crippen LogP contribution is -2.07. The summed E-state index contributed by atoms with van der Waals surface area (Å²) in [5.74, 6) is 1.09. The zero-order chi connectivity index (χ0) is 21.8. The molecule has 1 aromatic heterocycles. The van der Waals surface area contributed by atoms with E-state index in [1.165, 1.54) is 11.1 Å². The second-order valence-corrected chi connectivity index (χ2v) is 7.26. The van der Waals surface area contributed by atoms with E-state index in [-0.39, 0.29) is 0 Å². The quantitative estimate of drug-likeness (QED) is 0.495. The van der Waals surface area contributed by atoms with Crippen molar-refractivity contribution in [1.29, 1.82) is 0 Å². The first-order valence-corrected chi connectivity index (χ1v) is 10.2. The molecule has 5 nitrogen and oxygen atoms in total. The predicted molar refractivity (Wildman–Crippen MR) is 120 cm³/mol. The molecule has 0 N–H and O–H groups in total. The molecule has 0 aliphatic rings. The highest BCUT2D eigenvalue weighted by atomic mass is 16.5. The molecule has 0 bridgehead atoms. The van der Waals surface area contributed by atoms with Crippen LogP contribution in [0.2, 0.25) is 0 Å². The van der Waals surface area contributed by atoms with E-state index in [0.717, 1.165) is 46.6 Å². The minimum Gasteiger partial charge on any atom is -0.496 e. The molecule has 0 saturated carbocycles. The Morgan fingerprint density at radius 3 is 1.97 bits per heavy atom. The van der Waals surface area contributed by atoms with E-state index in [1.54, 1.807) is 26.4 Å². The number of carbonyl (C=O) groups excluding carboxylic acids is 1. The molecule has 0 fully saturated rings. The summed E-state index contributed by atoms with van der Waals surface area (Å²) < 4.78 is 11.2. The molecule has 0 spiro atoms. The zero-order valence-electron chi connectivity index (χ0n) is 18.5. The molecule has 30 heavy (non-hydrogen) atoms. The van der Waals surface area contributed by atoms with E-state index >= 15 is 0 Å². The molecule has 0 aliphatic heterocycles. The van der Waals surface area contributed by atoms with Gasteiger partial charge in [0, 0.05) is 11.1 Å². The van der Waals surface area contributed by atoms with Gasteiger partial charge in [-0.15, -0.1) is 0 Å². The van der Waals surface area contributed by atoms with Crippen molar-refractivity contribution in [3.63, 3.8) is 0 Å². The molecular formula is C25H28N2O3. The molecule has 0 radical (unpaired) electrons. The van der Waals surface area contributed by atoms with Gasteiger partial charge in [-0.1, -0.05) is 31.5 Å². The Morgan fingerprint density at radius 2 is 1.43 bits per heavy atom. The largest absolute Gasteiger partial charge is 0.496 e. The fraction of sp³-hybridized carbons (Fsp3) is 0.320. The average Bonchev–Trinajstić information content (AvgIpc) is 2.78. The fourth-order valence-electron chi connectivity index (χ4n) is 3.64. The number of methoxy groups -OCH3 is 2. The zero-order valence-corrected chi connectivity index (χ0v) is 18.5. The van der Waals surface area contributed by atoms with Gasteiger partial charge in [0.15, 0.2) is 0 Å². The van der Waals surface area contributed by atoms with Crippen molar-refractivity contribution in [2.75, 3.05) is 14.2 Å². The highest BCUT2D eigenvalue weighted by molar-refractivity contribution is 5.84. The molecule has 5 heteroatoms. The maximum atomic E-state index is 11.3. The van der Waals surface area contributed by atoms with Crippen LogP contribution in [0.1, 0.15) is 46.7 Å². The summed E-state index contributed by atoms with van der Waals surface area (Å²) in [4.78, 5) is 21.4. The van der Waals surface area contributed by atoms with Gasteiger partial charge in [-0.25, -0.2) is 9.97 Å². The lowest BCUT2D eigenvalue weighted by molar-refractivity contribution is 0.112. The molecule has 0 amide bonds. The molecule has 3 aromatic rings. The Bertz CT molecular complexity index is 1060. The molecule has 3 rings (SSSR count). The fourth-order valence-corrected chi connectivity index (χ4v) is 3.64. The minimum atomic E-state index is 0.487. The second-order valence-electron chi connectivity index (χ2n) is 7.26. The van der Waals surface area contributed by atoms with Crippen LogP contribution >= 0.6 is 0 Å². The lowest BCUT2D eigenvalue weighted by atomic mass is 9.98. The van der Waals surface area contributed by atoms with E-state index < -0.39 is 0 Å². The van der Waals surface area contributed by atoms with E-state index in [0.29, 0.717) is 23.5 Å². The first kappa shape index (κ1) is 21.5. The van der Waals surface area contributed by atoms with Crippen LogP contribution in [-0.4, -0.2) is 30.5 Å². The third-order valence-electron chi connectivity index (χ3n) is 5.26. The Morgan fingerprint density at radius 1 is 0.867 bits per heavy atom. The molecular weight excluding hydrogens is 376 g/mol. The van der Waals surface area contributed by atoms with Crippen LogP contribution in [0.3, 0.4) is 0 Å². The van der Waals surface area contributed by atoms with Gasteiger partial charge < -0.3 is 9.47 Å². The van der Waals surface area contributed by atoms with E-state index in [1.807, 2.05) is 0 Å². The Hall–Kier alpha value is -3.21.